The molecule has 1 rings (SSSR count). The van der Waals surface area contributed by atoms with Crippen LogP contribution >= 0.6 is 11.6 Å². The van der Waals surface area contributed by atoms with Crippen LogP contribution in [0.25, 0.3) is 0 Å². The zero-order valence-corrected chi connectivity index (χ0v) is 9.95. The summed E-state index contributed by atoms with van der Waals surface area (Å²) in [5.41, 5.74) is -0.651. The maximum absolute atomic E-state index is 13.3. The summed E-state index contributed by atoms with van der Waals surface area (Å²) < 4.78 is 17.6. The molecule has 0 unspecified atom stereocenters. The van der Waals surface area contributed by atoms with Crippen LogP contribution in [-0.2, 0) is 9.53 Å². The lowest BCUT2D eigenvalue weighted by Crippen LogP contribution is -1.97. The zero-order valence-electron chi connectivity index (χ0n) is 9.20. The second-order valence-electron chi connectivity index (χ2n) is 3.10. The molecule has 0 aliphatic heterocycles. The van der Waals surface area contributed by atoms with E-state index in [4.69, 9.17) is 11.6 Å². The molecule has 0 amide bonds. The van der Waals surface area contributed by atoms with Crippen LogP contribution in [0.4, 0.5) is 10.1 Å². The van der Waals surface area contributed by atoms with Crippen LogP contribution in [0, 0.1) is 27.8 Å². The van der Waals surface area contributed by atoms with E-state index in [2.05, 4.69) is 16.6 Å². The lowest BCUT2D eigenvalue weighted by Gasteiger charge is -1.98. The van der Waals surface area contributed by atoms with Gasteiger partial charge in [0.15, 0.2) is 0 Å². The SMILES string of the molecule is COC(=O)CC#Cc1cc(F)c([N+](=O)[O-])cc1Cl. The summed E-state index contributed by atoms with van der Waals surface area (Å²) in [4.78, 5) is 20.3. The van der Waals surface area contributed by atoms with Gasteiger partial charge in [0.2, 0.25) is 5.82 Å². The third-order valence-corrected chi connectivity index (χ3v) is 2.23. The molecule has 18 heavy (non-hydrogen) atoms. The smallest absolute Gasteiger partial charge is 0.317 e. The second kappa shape index (κ2) is 5.98. The van der Waals surface area contributed by atoms with Crippen LogP contribution < -0.4 is 0 Å². The maximum atomic E-state index is 13.3. The van der Waals surface area contributed by atoms with Gasteiger partial charge in [0.05, 0.1) is 17.1 Å². The van der Waals surface area contributed by atoms with E-state index in [0.717, 1.165) is 12.1 Å². The molecule has 0 N–H and O–H groups in total. The molecular weight excluding hydrogens is 265 g/mol. The van der Waals surface area contributed by atoms with Gasteiger partial charge in [-0.3, -0.25) is 14.9 Å². The fraction of sp³-hybridized carbons (Fsp3) is 0.182. The number of nitro benzene ring substituents is 1. The van der Waals surface area contributed by atoms with Crippen molar-refractivity contribution in [1.29, 1.82) is 0 Å². The number of halogens is 2. The number of hydrogen-bond acceptors (Lipinski definition) is 4. The molecule has 0 aliphatic rings. The zero-order chi connectivity index (χ0) is 13.7. The molecule has 0 atom stereocenters. The van der Waals surface area contributed by atoms with Gasteiger partial charge >= 0.3 is 11.7 Å². The quantitative estimate of drug-likeness (QED) is 0.358. The Morgan fingerprint density at radius 3 is 2.83 bits per heavy atom. The van der Waals surface area contributed by atoms with E-state index >= 15 is 0 Å². The number of carbonyl (C=O) groups excluding carboxylic acids is 1. The molecule has 0 saturated heterocycles. The van der Waals surface area contributed by atoms with Crippen molar-refractivity contribution < 1.29 is 18.8 Å². The Bertz CT molecular complexity index is 562. The van der Waals surface area contributed by atoms with Gasteiger partial charge in [0.1, 0.15) is 6.42 Å². The number of ether oxygens (including phenoxy) is 1. The van der Waals surface area contributed by atoms with Crippen molar-refractivity contribution in [2.45, 2.75) is 6.42 Å². The molecule has 0 radical (unpaired) electrons. The molecule has 94 valence electrons. The first-order valence-electron chi connectivity index (χ1n) is 4.65. The molecule has 0 saturated carbocycles. The minimum atomic E-state index is -1.04. The Kier molecular flexibility index (Phi) is 4.63. The Hall–Kier alpha value is -2.13. The minimum absolute atomic E-state index is 0.0551. The highest BCUT2D eigenvalue weighted by Crippen LogP contribution is 2.25. The maximum Gasteiger partial charge on any atom is 0.317 e. The number of esters is 1. The Morgan fingerprint density at radius 1 is 1.61 bits per heavy atom. The summed E-state index contributed by atoms with van der Waals surface area (Å²) in [6, 6.07) is 1.73. The van der Waals surface area contributed by atoms with E-state index in [1.807, 2.05) is 0 Å². The van der Waals surface area contributed by atoms with Crippen LogP contribution in [0.5, 0.6) is 0 Å². The Balaban J connectivity index is 3.02. The molecular formula is C11H7ClFNO4. The number of nitro groups is 1. The highest BCUT2D eigenvalue weighted by molar-refractivity contribution is 6.32. The number of rotatable bonds is 2. The van der Waals surface area contributed by atoms with E-state index in [1.54, 1.807) is 0 Å². The molecule has 5 nitrogen and oxygen atoms in total. The van der Waals surface area contributed by atoms with Crippen molar-refractivity contribution in [3.05, 3.63) is 38.7 Å². The lowest BCUT2D eigenvalue weighted by molar-refractivity contribution is -0.387. The van der Waals surface area contributed by atoms with Crippen molar-refractivity contribution in [3.63, 3.8) is 0 Å². The number of hydrogen-bond donors (Lipinski definition) is 0. The first-order valence-corrected chi connectivity index (χ1v) is 5.02. The molecule has 7 heteroatoms. The van der Waals surface area contributed by atoms with E-state index in [9.17, 15) is 19.3 Å². The highest BCUT2D eigenvalue weighted by atomic mass is 35.5. The van der Waals surface area contributed by atoms with Crippen LogP contribution in [0.1, 0.15) is 12.0 Å². The summed E-state index contributed by atoms with van der Waals surface area (Å²) in [5, 5.41) is 10.4. The summed E-state index contributed by atoms with van der Waals surface area (Å²) in [7, 11) is 1.21. The molecule has 0 heterocycles. The Morgan fingerprint density at radius 2 is 2.28 bits per heavy atom. The van der Waals surface area contributed by atoms with Gasteiger partial charge in [-0.15, -0.1) is 0 Å². The third-order valence-electron chi connectivity index (χ3n) is 1.92. The van der Waals surface area contributed by atoms with Crippen molar-refractivity contribution in [3.8, 4) is 11.8 Å². The van der Waals surface area contributed by atoms with Gasteiger partial charge in [-0.2, -0.15) is 4.39 Å². The number of benzene rings is 1. The average Bonchev–Trinajstić information content (AvgIpc) is 2.32. The number of carbonyl (C=O) groups is 1. The predicted molar refractivity (Wildman–Crippen MR) is 61.6 cm³/mol. The molecule has 1 aromatic carbocycles. The van der Waals surface area contributed by atoms with Gasteiger partial charge in [0.25, 0.3) is 0 Å². The van der Waals surface area contributed by atoms with E-state index in [-0.39, 0.29) is 17.0 Å². The van der Waals surface area contributed by atoms with Gasteiger partial charge in [-0.1, -0.05) is 23.4 Å². The van der Waals surface area contributed by atoms with Crippen LogP contribution in [0.3, 0.4) is 0 Å². The van der Waals surface area contributed by atoms with Crippen LogP contribution in [-0.4, -0.2) is 18.0 Å². The molecule has 0 bridgehead atoms. The van der Waals surface area contributed by atoms with Crippen LogP contribution in [0.15, 0.2) is 12.1 Å². The van der Waals surface area contributed by atoms with Gasteiger partial charge < -0.3 is 4.74 Å². The topological polar surface area (TPSA) is 69.4 Å². The highest BCUT2D eigenvalue weighted by Gasteiger charge is 2.16. The van der Waals surface area contributed by atoms with Crippen molar-refractivity contribution >= 4 is 23.3 Å². The van der Waals surface area contributed by atoms with Crippen LogP contribution in [0.2, 0.25) is 5.02 Å². The van der Waals surface area contributed by atoms with Crippen molar-refractivity contribution in [2.24, 2.45) is 0 Å². The molecule has 0 aliphatic carbocycles. The lowest BCUT2D eigenvalue weighted by atomic mass is 10.2. The van der Waals surface area contributed by atoms with Gasteiger partial charge in [0, 0.05) is 11.6 Å². The summed E-state index contributed by atoms with van der Waals surface area (Å²) in [5.74, 6) is 3.29. The first-order chi connectivity index (χ1) is 8.45. The van der Waals surface area contributed by atoms with Gasteiger partial charge in [-0.05, 0) is 6.07 Å². The number of methoxy groups -OCH3 is 1. The average molecular weight is 272 g/mol. The minimum Gasteiger partial charge on any atom is -0.468 e. The summed E-state index contributed by atoms with van der Waals surface area (Å²) in [6.07, 6.45) is -0.175. The fourth-order valence-electron chi connectivity index (χ4n) is 1.06. The van der Waals surface area contributed by atoms with E-state index in [1.165, 1.54) is 7.11 Å². The molecule has 0 fully saturated rings. The van der Waals surface area contributed by atoms with Crippen molar-refractivity contribution in [1.82, 2.24) is 0 Å². The first kappa shape index (κ1) is 13.9. The van der Waals surface area contributed by atoms with E-state index < -0.39 is 22.4 Å². The molecule has 0 aromatic heterocycles. The summed E-state index contributed by atoms with van der Waals surface area (Å²) in [6.45, 7) is 0. The van der Waals surface area contributed by atoms with E-state index in [0.29, 0.717) is 0 Å². The Labute approximate surface area is 107 Å². The van der Waals surface area contributed by atoms with Gasteiger partial charge in [-0.25, -0.2) is 0 Å². The second-order valence-corrected chi connectivity index (χ2v) is 3.50. The molecule has 1 aromatic rings. The van der Waals surface area contributed by atoms with Crippen molar-refractivity contribution in [2.75, 3.05) is 7.11 Å². The summed E-state index contributed by atoms with van der Waals surface area (Å²) >= 11 is 5.70. The largest absolute Gasteiger partial charge is 0.468 e. The third kappa shape index (κ3) is 3.43. The fourth-order valence-corrected chi connectivity index (χ4v) is 1.26. The predicted octanol–water partition coefficient (Wildman–Crippen LogP) is 2.30. The normalized spacial score (nSPS) is 9.28. The molecule has 0 spiro atoms. The monoisotopic (exact) mass is 271 g/mol. The standard InChI is InChI=1S/C11H7ClFNO4/c1-18-11(15)4-2-3-7-5-9(13)10(14(16)17)6-8(7)12/h5-6H,4H2,1H3. The number of nitrogens with zero attached hydrogens (tertiary/aromatic N) is 1.